The van der Waals surface area contributed by atoms with Gasteiger partial charge in [0.05, 0.1) is 17.6 Å². The highest BCUT2D eigenvalue weighted by Crippen LogP contribution is 2.20. The van der Waals surface area contributed by atoms with Gasteiger partial charge in [-0.3, -0.25) is 9.10 Å². The Morgan fingerprint density at radius 2 is 1.88 bits per heavy atom. The number of nitrogens with one attached hydrogen (secondary N) is 1. The highest BCUT2D eigenvalue weighted by molar-refractivity contribution is 7.92. The smallest absolute Gasteiger partial charge is 0.232 e. The van der Waals surface area contributed by atoms with Gasteiger partial charge < -0.3 is 5.32 Å². The van der Waals surface area contributed by atoms with Crippen LogP contribution in [0.3, 0.4) is 0 Å². The maximum Gasteiger partial charge on any atom is 0.232 e. The lowest BCUT2D eigenvalue weighted by molar-refractivity contribution is -0.116. The van der Waals surface area contributed by atoms with Crippen LogP contribution in [0.1, 0.15) is 18.4 Å². The number of halogens is 2. The maximum atomic E-state index is 13.5. The predicted molar refractivity (Wildman–Crippen MR) is 97.6 cm³/mol. The lowest BCUT2D eigenvalue weighted by atomic mass is 10.2. The van der Waals surface area contributed by atoms with Crippen LogP contribution < -0.4 is 9.62 Å². The molecule has 0 radical (unpaired) electrons. The molecule has 0 atom stereocenters. The summed E-state index contributed by atoms with van der Waals surface area (Å²) in [6.45, 7) is 1.97. The molecular formula is C18H20F2N2O3S. The van der Waals surface area contributed by atoms with E-state index in [9.17, 15) is 22.0 Å². The number of carbonyl (C=O) groups is 1. The van der Waals surface area contributed by atoms with Gasteiger partial charge in [0.2, 0.25) is 15.9 Å². The molecule has 0 saturated carbocycles. The first kappa shape index (κ1) is 19.8. The standard InChI is InChI=1S/C18H20F2N2O3S/c1-13-5-3-6-15(11-13)22(26(2,24)25)10-4-7-18(23)21-17-9-8-14(19)12-16(17)20/h3,5-6,8-9,11-12H,4,7,10H2,1-2H3,(H,21,23). The number of anilines is 2. The van der Waals surface area contributed by atoms with Crippen molar-refractivity contribution >= 4 is 27.3 Å². The van der Waals surface area contributed by atoms with E-state index in [-0.39, 0.29) is 25.1 Å². The third-order valence-electron chi connectivity index (χ3n) is 3.66. The van der Waals surface area contributed by atoms with E-state index < -0.39 is 27.6 Å². The van der Waals surface area contributed by atoms with E-state index in [1.165, 1.54) is 4.31 Å². The van der Waals surface area contributed by atoms with Crippen LogP contribution >= 0.6 is 0 Å². The SMILES string of the molecule is Cc1cccc(N(CCCC(=O)Nc2ccc(F)cc2F)S(C)(=O)=O)c1. The van der Waals surface area contributed by atoms with E-state index in [0.717, 1.165) is 24.0 Å². The highest BCUT2D eigenvalue weighted by Gasteiger charge is 2.18. The van der Waals surface area contributed by atoms with E-state index in [1.807, 2.05) is 13.0 Å². The molecule has 0 saturated heterocycles. The van der Waals surface area contributed by atoms with Crippen LogP contribution in [0.2, 0.25) is 0 Å². The van der Waals surface area contributed by atoms with Gasteiger partial charge in [0.1, 0.15) is 11.6 Å². The number of benzene rings is 2. The molecule has 0 spiro atoms. The van der Waals surface area contributed by atoms with Crippen LogP contribution in [0, 0.1) is 18.6 Å². The summed E-state index contributed by atoms with van der Waals surface area (Å²) in [7, 11) is -3.50. The van der Waals surface area contributed by atoms with Gasteiger partial charge in [-0.1, -0.05) is 12.1 Å². The number of nitrogens with zero attached hydrogens (tertiary/aromatic N) is 1. The van der Waals surface area contributed by atoms with Crippen LogP contribution in [0.15, 0.2) is 42.5 Å². The minimum atomic E-state index is -3.50. The van der Waals surface area contributed by atoms with Gasteiger partial charge in [-0.05, 0) is 43.2 Å². The Labute approximate surface area is 151 Å². The Morgan fingerprint density at radius 3 is 2.50 bits per heavy atom. The molecule has 0 heterocycles. The third-order valence-corrected chi connectivity index (χ3v) is 4.85. The number of hydrogen-bond acceptors (Lipinski definition) is 3. The lowest BCUT2D eigenvalue weighted by Gasteiger charge is -2.22. The van der Waals surface area contributed by atoms with Crippen molar-refractivity contribution in [2.24, 2.45) is 0 Å². The molecule has 26 heavy (non-hydrogen) atoms. The summed E-state index contributed by atoms with van der Waals surface area (Å²) >= 11 is 0. The first-order valence-corrected chi connectivity index (χ1v) is 9.81. The van der Waals surface area contributed by atoms with E-state index in [1.54, 1.807) is 18.2 Å². The molecule has 2 rings (SSSR count). The molecule has 2 aromatic rings. The molecule has 0 bridgehead atoms. The van der Waals surface area contributed by atoms with Crippen molar-refractivity contribution in [3.63, 3.8) is 0 Å². The first-order chi connectivity index (χ1) is 12.2. The van der Waals surface area contributed by atoms with Crippen LogP contribution in [-0.2, 0) is 14.8 Å². The molecule has 0 aliphatic rings. The summed E-state index contributed by atoms with van der Waals surface area (Å²) in [6, 6.07) is 9.90. The minimum absolute atomic E-state index is 0.00531. The second-order valence-corrected chi connectivity index (χ2v) is 7.86. The zero-order valence-corrected chi connectivity index (χ0v) is 15.3. The molecule has 0 aliphatic heterocycles. The lowest BCUT2D eigenvalue weighted by Crippen LogP contribution is -2.31. The molecular weight excluding hydrogens is 362 g/mol. The third kappa shape index (κ3) is 5.52. The fourth-order valence-corrected chi connectivity index (χ4v) is 3.41. The topological polar surface area (TPSA) is 66.5 Å². The molecule has 140 valence electrons. The van der Waals surface area contributed by atoms with Gasteiger partial charge in [0, 0.05) is 19.0 Å². The summed E-state index contributed by atoms with van der Waals surface area (Å²) in [5.41, 5.74) is 1.33. The molecule has 8 heteroatoms. The number of aryl methyl sites for hydroxylation is 1. The highest BCUT2D eigenvalue weighted by atomic mass is 32.2. The van der Waals surface area contributed by atoms with E-state index in [4.69, 9.17) is 0 Å². The zero-order chi connectivity index (χ0) is 19.3. The van der Waals surface area contributed by atoms with E-state index in [0.29, 0.717) is 11.8 Å². The van der Waals surface area contributed by atoms with Crippen LogP contribution in [0.25, 0.3) is 0 Å². The Kier molecular flexibility index (Phi) is 6.31. The molecule has 0 unspecified atom stereocenters. The molecule has 1 N–H and O–H groups in total. The van der Waals surface area contributed by atoms with E-state index >= 15 is 0 Å². The average Bonchev–Trinajstić information content (AvgIpc) is 2.53. The average molecular weight is 382 g/mol. The number of carbonyl (C=O) groups excluding carboxylic acids is 1. The van der Waals surface area contributed by atoms with Gasteiger partial charge in [-0.15, -0.1) is 0 Å². The van der Waals surface area contributed by atoms with Gasteiger partial charge >= 0.3 is 0 Å². The fraction of sp³-hybridized carbons (Fsp3) is 0.278. The second-order valence-electron chi connectivity index (χ2n) is 5.95. The van der Waals surface area contributed by atoms with Crippen LogP contribution in [0.4, 0.5) is 20.2 Å². The molecule has 0 fully saturated rings. The monoisotopic (exact) mass is 382 g/mol. The summed E-state index contributed by atoms with van der Waals surface area (Å²) in [5, 5.41) is 2.35. The van der Waals surface area contributed by atoms with Crippen molar-refractivity contribution in [2.75, 3.05) is 22.4 Å². The summed E-state index contributed by atoms with van der Waals surface area (Å²) in [6.07, 6.45) is 1.34. The first-order valence-electron chi connectivity index (χ1n) is 7.96. The summed E-state index contributed by atoms with van der Waals surface area (Å²) in [4.78, 5) is 11.9. The quantitative estimate of drug-likeness (QED) is 0.798. The normalized spacial score (nSPS) is 11.2. The van der Waals surface area contributed by atoms with Crippen LogP contribution in [-0.4, -0.2) is 27.1 Å². The molecule has 0 aromatic heterocycles. The van der Waals surface area contributed by atoms with Gasteiger partial charge in [0.15, 0.2) is 0 Å². The predicted octanol–water partition coefficient (Wildman–Crippen LogP) is 3.46. The molecule has 5 nitrogen and oxygen atoms in total. The van der Waals surface area contributed by atoms with Crippen LogP contribution in [0.5, 0.6) is 0 Å². The Bertz CT molecular complexity index is 901. The molecule has 1 amide bonds. The van der Waals surface area contributed by atoms with Gasteiger partial charge in [-0.25, -0.2) is 17.2 Å². The Hall–Kier alpha value is -2.48. The van der Waals surface area contributed by atoms with Crippen molar-refractivity contribution < 1.29 is 22.0 Å². The summed E-state index contributed by atoms with van der Waals surface area (Å²) < 4.78 is 51.7. The van der Waals surface area contributed by atoms with Crippen molar-refractivity contribution in [1.82, 2.24) is 0 Å². The number of amides is 1. The van der Waals surface area contributed by atoms with Crippen molar-refractivity contribution in [3.8, 4) is 0 Å². The fourth-order valence-electron chi connectivity index (χ4n) is 2.46. The Morgan fingerprint density at radius 1 is 1.15 bits per heavy atom. The molecule has 2 aromatic carbocycles. The van der Waals surface area contributed by atoms with Crippen molar-refractivity contribution in [3.05, 3.63) is 59.7 Å². The van der Waals surface area contributed by atoms with Gasteiger partial charge in [-0.2, -0.15) is 0 Å². The van der Waals surface area contributed by atoms with Gasteiger partial charge in [0.25, 0.3) is 0 Å². The number of hydrogen-bond donors (Lipinski definition) is 1. The maximum absolute atomic E-state index is 13.5. The minimum Gasteiger partial charge on any atom is -0.324 e. The second kappa shape index (κ2) is 8.27. The largest absolute Gasteiger partial charge is 0.324 e. The zero-order valence-electron chi connectivity index (χ0n) is 14.5. The van der Waals surface area contributed by atoms with Crippen molar-refractivity contribution in [1.29, 1.82) is 0 Å². The molecule has 0 aliphatic carbocycles. The number of sulfonamides is 1. The number of rotatable bonds is 7. The van der Waals surface area contributed by atoms with E-state index in [2.05, 4.69) is 5.32 Å². The summed E-state index contributed by atoms with van der Waals surface area (Å²) in [5.74, 6) is -2.08. The Balaban J connectivity index is 1.98. The van der Waals surface area contributed by atoms with Crippen molar-refractivity contribution in [2.45, 2.75) is 19.8 Å².